The third kappa shape index (κ3) is 2.89. The molecule has 1 aliphatic heterocycles. The van der Waals surface area contributed by atoms with E-state index in [0.717, 1.165) is 22.9 Å². The monoisotopic (exact) mass is 329 g/mol. The summed E-state index contributed by atoms with van der Waals surface area (Å²) in [5, 5.41) is 14.8. The van der Waals surface area contributed by atoms with Crippen molar-refractivity contribution in [3.8, 4) is 0 Å². The summed E-state index contributed by atoms with van der Waals surface area (Å²) in [6, 6.07) is 6.30. The van der Waals surface area contributed by atoms with E-state index in [2.05, 4.69) is 5.10 Å². The first-order valence-electron chi connectivity index (χ1n) is 7.98. The normalized spacial score (nSPS) is 17.9. The summed E-state index contributed by atoms with van der Waals surface area (Å²) >= 11 is 0. The van der Waals surface area contributed by atoms with Crippen LogP contribution in [-0.4, -0.2) is 44.3 Å². The lowest BCUT2D eigenvalue weighted by molar-refractivity contribution is -0.152. The van der Waals surface area contributed by atoms with Crippen LogP contribution in [0, 0.1) is 6.92 Å². The van der Waals surface area contributed by atoms with Gasteiger partial charge in [-0.3, -0.25) is 9.59 Å². The van der Waals surface area contributed by atoms with Crippen LogP contribution in [0.25, 0.3) is 10.8 Å². The molecule has 24 heavy (non-hydrogen) atoms. The van der Waals surface area contributed by atoms with Crippen LogP contribution in [0.5, 0.6) is 0 Å². The molecule has 7 nitrogen and oxygen atoms in total. The highest BCUT2D eigenvalue weighted by Crippen LogP contribution is 2.18. The lowest BCUT2D eigenvalue weighted by Gasteiger charge is -2.33. The van der Waals surface area contributed by atoms with Crippen molar-refractivity contribution < 1.29 is 14.7 Å². The van der Waals surface area contributed by atoms with Gasteiger partial charge in [-0.2, -0.15) is 5.10 Å². The fourth-order valence-electron chi connectivity index (χ4n) is 3.22. The van der Waals surface area contributed by atoms with Gasteiger partial charge in [0.15, 0.2) is 0 Å². The number of fused-ring (bicyclic) bond motifs is 1. The lowest BCUT2D eigenvalue weighted by atomic mass is 10.0. The van der Waals surface area contributed by atoms with E-state index in [-0.39, 0.29) is 18.0 Å². The number of likely N-dealkylation sites (tertiary alicyclic amines) is 1. The minimum atomic E-state index is -1.00. The maximum Gasteiger partial charge on any atom is 0.326 e. The zero-order valence-corrected chi connectivity index (χ0v) is 13.4. The third-order valence-electron chi connectivity index (χ3n) is 4.45. The fraction of sp³-hybridized carbons (Fsp3) is 0.412. The van der Waals surface area contributed by atoms with Crippen molar-refractivity contribution in [3.63, 3.8) is 0 Å². The summed E-state index contributed by atoms with van der Waals surface area (Å²) < 4.78 is 1.13. The second-order valence-corrected chi connectivity index (χ2v) is 6.03. The number of benzene rings is 1. The van der Waals surface area contributed by atoms with Crippen LogP contribution in [0.1, 0.15) is 25.0 Å². The number of hydrogen-bond acceptors (Lipinski definition) is 4. The number of aromatic nitrogens is 2. The molecule has 0 unspecified atom stereocenters. The minimum absolute atomic E-state index is 0.242. The highest BCUT2D eigenvalue weighted by atomic mass is 16.4. The van der Waals surface area contributed by atoms with E-state index in [1.165, 1.54) is 4.90 Å². The van der Waals surface area contributed by atoms with Gasteiger partial charge in [-0.1, -0.05) is 18.2 Å². The Kier molecular flexibility index (Phi) is 4.33. The number of aliphatic carboxylic acids is 1. The van der Waals surface area contributed by atoms with Gasteiger partial charge < -0.3 is 10.0 Å². The van der Waals surface area contributed by atoms with Gasteiger partial charge in [0.05, 0.1) is 11.1 Å². The number of nitrogens with zero attached hydrogens (tertiary/aromatic N) is 3. The summed E-state index contributed by atoms with van der Waals surface area (Å²) in [4.78, 5) is 37.8. The molecule has 1 saturated heterocycles. The van der Waals surface area contributed by atoms with E-state index in [0.29, 0.717) is 24.0 Å². The molecule has 1 atom stereocenters. The number of amides is 1. The quantitative estimate of drug-likeness (QED) is 0.912. The molecule has 1 aromatic carbocycles. The Morgan fingerprint density at radius 2 is 1.96 bits per heavy atom. The predicted molar refractivity (Wildman–Crippen MR) is 87.7 cm³/mol. The van der Waals surface area contributed by atoms with Crippen LogP contribution in [-0.2, 0) is 16.1 Å². The number of aryl methyl sites for hydroxylation is 1. The van der Waals surface area contributed by atoms with Gasteiger partial charge in [-0.05, 0) is 32.3 Å². The van der Waals surface area contributed by atoms with E-state index in [1.807, 2.05) is 12.1 Å². The largest absolute Gasteiger partial charge is 0.480 e. The van der Waals surface area contributed by atoms with Crippen LogP contribution < -0.4 is 5.56 Å². The van der Waals surface area contributed by atoms with Crippen LogP contribution in [0.2, 0.25) is 0 Å². The zero-order chi connectivity index (χ0) is 17.3. The number of rotatable bonds is 3. The number of hydrogen-bond donors (Lipinski definition) is 1. The van der Waals surface area contributed by atoms with Gasteiger partial charge in [0.25, 0.3) is 5.56 Å². The van der Waals surface area contributed by atoms with Gasteiger partial charge in [0.1, 0.15) is 12.6 Å². The Hall–Kier alpha value is -2.70. The molecule has 1 N–H and O–H groups in total. The molecule has 2 heterocycles. The molecule has 3 rings (SSSR count). The highest BCUT2D eigenvalue weighted by molar-refractivity contribution is 5.85. The van der Waals surface area contributed by atoms with Crippen molar-refractivity contribution >= 4 is 22.6 Å². The Labute approximate surface area is 138 Å². The molecule has 0 saturated carbocycles. The van der Waals surface area contributed by atoms with Crippen molar-refractivity contribution in [3.05, 3.63) is 40.3 Å². The van der Waals surface area contributed by atoms with Crippen molar-refractivity contribution in [2.24, 2.45) is 0 Å². The average molecular weight is 329 g/mol. The van der Waals surface area contributed by atoms with E-state index < -0.39 is 12.0 Å². The Morgan fingerprint density at radius 3 is 2.67 bits per heavy atom. The maximum absolute atomic E-state index is 12.5. The van der Waals surface area contributed by atoms with Crippen molar-refractivity contribution in [2.75, 3.05) is 6.54 Å². The molecule has 1 fully saturated rings. The van der Waals surface area contributed by atoms with Gasteiger partial charge in [-0.25, -0.2) is 9.48 Å². The van der Waals surface area contributed by atoms with E-state index in [1.54, 1.807) is 19.1 Å². The maximum atomic E-state index is 12.5. The summed E-state index contributed by atoms with van der Waals surface area (Å²) in [7, 11) is 0. The van der Waals surface area contributed by atoms with Gasteiger partial charge in [0, 0.05) is 11.9 Å². The SMILES string of the molecule is Cc1nn(CC(=O)N2CCCC[C@H]2C(=O)O)c(=O)c2ccccc12. The second-order valence-electron chi connectivity index (χ2n) is 6.03. The fourth-order valence-corrected chi connectivity index (χ4v) is 3.22. The Balaban J connectivity index is 1.92. The number of carbonyl (C=O) groups is 2. The number of piperidine rings is 1. The summed E-state index contributed by atoms with van der Waals surface area (Å²) in [5.74, 6) is -1.38. The third-order valence-corrected chi connectivity index (χ3v) is 4.45. The summed E-state index contributed by atoms with van der Waals surface area (Å²) in [6.07, 6.45) is 2.00. The van der Waals surface area contributed by atoms with E-state index in [4.69, 9.17) is 0 Å². The van der Waals surface area contributed by atoms with Crippen LogP contribution in [0.4, 0.5) is 0 Å². The minimum Gasteiger partial charge on any atom is -0.480 e. The van der Waals surface area contributed by atoms with Gasteiger partial charge in [-0.15, -0.1) is 0 Å². The summed E-state index contributed by atoms with van der Waals surface area (Å²) in [5.41, 5.74) is 0.319. The molecule has 126 valence electrons. The first-order valence-corrected chi connectivity index (χ1v) is 7.98. The molecule has 0 bridgehead atoms. The van der Waals surface area contributed by atoms with Gasteiger partial charge in [0.2, 0.25) is 5.91 Å². The average Bonchev–Trinajstić information content (AvgIpc) is 2.59. The molecule has 2 aromatic rings. The smallest absolute Gasteiger partial charge is 0.326 e. The molecule has 7 heteroatoms. The first-order chi connectivity index (χ1) is 11.5. The molecule has 0 aliphatic carbocycles. The van der Waals surface area contributed by atoms with Crippen molar-refractivity contribution in [1.82, 2.24) is 14.7 Å². The van der Waals surface area contributed by atoms with Crippen molar-refractivity contribution in [1.29, 1.82) is 0 Å². The van der Waals surface area contributed by atoms with E-state index >= 15 is 0 Å². The molecule has 0 radical (unpaired) electrons. The Morgan fingerprint density at radius 1 is 1.25 bits per heavy atom. The first kappa shape index (κ1) is 16.2. The Bertz CT molecular complexity index is 859. The van der Waals surface area contributed by atoms with Crippen LogP contribution in [0.15, 0.2) is 29.1 Å². The zero-order valence-electron chi connectivity index (χ0n) is 13.4. The van der Waals surface area contributed by atoms with Crippen LogP contribution >= 0.6 is 0 Å². The standard InChI is InChI=1S/C17H19N3O4/c1-11-12-6-2-3-7-13(12)16(22)20(18-11)10-15(21)19-9-5-4-8-14(19)17(23)24/h2-3,6-7,14H,4-5,8-10H2,1H3,(H,23,24)/t14-/m0/s1. The molecular weight excluding hydrogens is 310 g/mol. The second kappa shape index (κ2) is 6.43. The molecule has 0 spiro atoms. The number of carboxylic acid groups (broad SMARTS) is 1. The molecule has 1 aromatic heterocycles. The molecule has 1 amide bonds. The molecule has 1 aliphatic rings. The highest BCUT2D eigenvalue weighted by Gasteiger charge is 2.32. The summed E-state index contributed by atoms with van der Waals surface area (Å²) in [6.45, 7) is 1.94. The van der Waals surface area contributed by atoms with Crippen LogP contribution in [0.3, 0.4) is 0 Å². The van der Waals surface area contributed by atoms with Gasteiger partial charge >= 0.3 is 5.97 Å². The molecular formula is C17H19N3O4. The number of carbonyl (C=O) groups excluding carboxylic acids is 1. The van der Waals surface area contributed by atoms with Crippen molar-refractivity contribution in [2.45, 2.75) is 38.8 Å². The lowest BCUT2D eigenvalue weighted by Crippen LogP contribution is -2.49. The number of carboxylic acids is 1. The van der Waals surface area contributed by atoms with E-state index in [9.17, 15) is 19.5 Å². The predicted octanol–water partition coefficient (Wildman–Crippen LogP) is 1.17. The topological polar surface area (TPSA) is 92.5 Å².